The summed E-state index contributed by atoms with van der Waals surface area (Å²) in [6, 6.07) is 7.16. The molecule has 0 amide bonds. The monoisotopic (exact) mass is 445 g/mol. The Kier molecular flexibility index (Phi) is 5.95. The highest BCUT2D eigenvalue weighted by Gasteiger charge is 2.33. The lowest BCUT2D eigenvalue weighted by atomic mass is 9.92. The van der Waals surface area contributed by atoms with Crippen LogP contribution in [0.15, 0.2) is 36.9 Å². The Balaban J connectivity index is 2.20. The highest BCUT2D eigenvalue weighted by Crippen LogP contribution is 2.34. The van der Waals surface area contributed by atoms with Crippen LogP contribution in [0.4, 0.5) is 13.2 Å². The van der Waals surface area contributed by atoms with Crippen LogP contribution in [0, 0.1) is 0 Å². The second-order valence-corrected chi connectivity index (χ2v) is 8.42. The number of imidazole rings is 1. The molecule has 6 nitrogen and oxygen atoms in total. The first-order valence-electron chi connectivity index (χ1n) is 9.85. The molecular weight excluding hydrogens is 419 g/mol. The molecular formula is C23H26F3N5O. The van der Waals surface area contributed by atoms with Crippen LogP contribution in [0.25, 0.3) is 29.1 Å². The van der Waals surface area contributed by atoms with E-state index < -0.39 is 11.7 Å². The van der Waals surface area contributed by atoms with Crippen LogP contribution in [0.1, 0.15) is 37.6 Å². The van der Waals surface area contributed by atoms with Gasteiger partial charge in [-0.15, -0.1) is 0 Å². The number of nitrogens with two attached hydrogens (primary N) is 1. The van der Waals surface area contributed by atoms with Gasteiger partial charge in [0.25, 0.3) is 0 Å². The summed E-state index contributed by atoms with van der Waals surface area (Å²) in [5.74, 6) is 0.499. The minimum absolute atomic E-state index is 0.0398. The molecule has 0 aliphatic heterocycles. The SMILES string of the molecule is C=C(/C=c1/nc(-c2cc(C(C)(C)C)nn2C)[nH]/c1=C(/N)OC)c1ccccc1C(F)(F)F. The van der Waals surface area contributed by atoms with Gasteiger partial charge in [-0.3, -0.25) is 4.68 Å². The maximum Gasteiger partial charge on any atom is 0.417 e. The standard InChI is InChI=1S/C23H26F3N5O/c1-13(14-9-7-8-10-15(14)23(24,25)26)11-16-19(20(27)32-6)29-21(28-16)17-12-18(22(2,3)4)30-31(17)5/h7-12H,1,27H2,2-6H3,(H,28,29)/b16-11+,20-19-. The third-order valence-corrected chi connectivity index (χ3v) is 4.98. The molecule has 0 aliphatic carbocycles. The van der Waals surface area contributed by atoms with E-state index in [1.807, 2.05) is 26.8 Å². The van der Waals surface area contributed by atoms with Gasteiger partial charge < -0.3 is 15.5 Å². The number of halogens is 3. The second-order valence-electron chi connectivity index (χ2n) is 8.42. The van der Waals surface area contributed by atoms with Crippen LogP contribution in [0.2, 0.25) is 0 Å². The summed E-state index contributed by atoms with van der Waals surface area (Å²) in [7, 11) is 3.19. The lowest BCUT2D eigenvalue weighted by Gasteiger charge is -2.13. The Labute approximate surface area is 183 Å². The number of rotatable bonds is 4. The summed E-state index contributed by atoms with van der Waals surface area (Å²) in [6.07, 6.45) is -3.06. The number of aryl methyl sites for hydroxylation is 1. The number of methoxy groups -OCH3 is 1. The number of ether oxygens (including phenoxy) is 1. The van der Waals surface area contributed by atoms with Crippen LogP contribution in [-0.2, 0) is 23.4 Å². The first-order valence-corrected chi connectivity index (χ1v) is 9.85. The Morgan fingerprint density at radius 1 is 1.22 bits per heavy atom. The number of aromatic nitrogens is 4. The van der Waals surface area contributed by atoms with Crippen LogP contribution in [0.5, 0.6) is 0 Å². The zero-order valence-corrected chi connectivity index (χ0v) is 18.6. The van der Waals surface area contributed by atoms with Crippen molar-refractivity contribution in [1.29, 1.82) is 0 Å². The molecule has 0 saturated heterocycles. The maximum atomic E-state index is 13.4. The van der Waals surface area contributed by atoms with E-state index in [0.717, 1.165) is 11.8 Å². The van der Waals surface area contributed by atoms with E-state index in [1.54, 1.807) is 11.7 Å². The number of allylic oxidation sites excluding steroid dienone is 1. The van der Waals surface area contributed by atoms with Crippen molar-refractivity contribution in [2.24, 2.45) is 12.8 Å². The van der Waals surface area contributed by atoms with E-state index in [4.69, 9.17) is 10.5 Å². The molecule has 0 spiro atoms. The fourth-order valence-electron chi connectivity index (χ4n) is 3.21. The van der Waals surface area contributed by atoms with E-state index in [0.29, 0.717) is 22.2 Å². The second kappa shape index (κ2) is 8.22. The molecule has 0 aliphatic rings. The van der Waals surface area contributed by atoms with Crippen molar-refractivity contribution in [3.05, 3.63) is 64.4 Å². The molecule has 3 aromatic rings. The van der Waals surface area contributed by atoms with Gasteiger partial charge in [0.15, 0.2) is 5.82 Å². The van der Waals surface area contributed by atoms with E-state index in [9.17, 15) is 13.2 Å². The molecule has 170 valence electrons. The molecule has 0 fully saturated rings. The van der Waals surface area contributed by atoms with E-state index in [-0.39, 0.29) is 22.4 Å². The van der Waals surface area contributed by atoms with Gasteiger partial charge in [0.1, 0.15) is 11.0 Å². The van der Waals surface area contributed by atoms with Gasteiger partial charge in [0.2, 0.25) is 5.88 Å². The Hall–Kier alpha value is -3.49. The van der Waals surface area contributed by atoms with E-state index in [2.05, 4.69) is 21.6 Å². The number of nitrogens with zero attached hydrogens (tertiary/aromatic N) is 3. The van der Waals surface area contributed by atoms with Crippen molar-refractivity contribution in [2.75, 3.05) is 7.11 Å². The average molecular weight is 445 g/mol. The largest absolute Gasteiger partial charge is 0.481 e. The number of H-pyrrole nitrogens is 1. The predicted molar refractivity (Wildman–Crippen MR) is 118 cm³/mol. The zero-order chi connectivity index (χ0) is 23.8. The fourth-order valence-corrected chi connectivity index (χ4v) is 3.21. The third-order valence-electron chi connectivity index (χ3n) is 4.98. The van der Waals surface area contributed by atoms with Crippen molar-refractivity contribution in [2.45, 2.75) is 32.4 Å². The molecule has 32 heavy (non-hydrogen) atoms. The summed E-state index contributed by atoms with van der Waals surface area (Å²) in [5, 5.41) is 5.19. The minimum atomic E-state index is -4.51. The number of alkyl halides is 3. The quantitative estimate of drug-likeness (QED) is 0.646. The number of aromatic amines is 1. The van der Waals surface area contributed by atoms with Gasteiger partial charge in [-0.1, -0.05) is 45.5 Å². The summed E-state index contributed by atoms with van der Waals surface area (Å²) in [5.41, 5.74) is 6.70. The molecule has 0 radical (unpaired) electrons. The topological polar surface area (TPSA) is 81.8 Å². The van der Waals surface area contributed by atoms with Gasteiger partial charge in [-0.25, -0.2) is 4.98 Å². The highest BCUT2D eigenvalue weighted by atomic mass is 19.4. The average Bonchev–Trinajstić information content (AvgIpc) is 3.30. The third kappa shape index (κ3) is 4.56. The smallest absolute Gasteiger partial charge is 0.417 e. The normalized spacial score (nSPS) is 13.9. The van der Waals surface area contributed by atoms with Crippen molar-refractivity contribution in [3.63, 3.8) is 0 Å². The van der Waals surface area contributed by atoms with Gasteiger partial charge >= 0.3 is 6.18 Å². The van der Waals surface area contributed by atoms with Crippen LogP contribution in [0.3, 0.4) is 0 Å². The number of benzene rings is 1. The fraction of sp³-hybridized carbons (Fsp3) is 0.304. The van der Waals surface area contributed by atoms with Gasteiger partial charge in [-0.05, 0) is 29.3 Å². The van der Waals surface area contributed by atoms with Crippen LogP contribution in [-0.4, -0.2) is 26.9 Å². The van der Waals surface area contributed by atoms with Crippen molar-refractivity contribution in [1.82, 2.24) is 19.7 Å². The van der Waals surface area contributed by atoms with Gasteiger partial charge in [-0.2, -0.15) is 18.3 Å². The van der Waals surface area contributed by atoms with Crippen molar-refractivity contribution < 1.29 is 17.9 Å². The first kappa shape index (κ1) is 23.2. The first-order chi connectivity index (χ1) is 14.8. The lowest BCUT2D eigenvalue weighted by molar-refractivity contribution is -0.137. The molecule has 0 saturated carbocycles. The van der Waals surface area contributed by atoms with E-state index in [1.165, 1.54) is 31.4 Å². The number of hydrogen-bond donors (Lipinski definition) is 2. The zero-order valence-electron chi connectivity index (χ0n) is 18.6. The summed E-state index contributed by atoms with van der Waals surface area (Å²) in [4.78, 5) is 7.67. The Morgan fingerprint density at radius 3 is 2.44 bits per heavy atom. The maximum absolute atomic E-state index is 13.4. The number of hydrogen-bond acceptors (Lipinski definition) is 4. The molecule has 2 heterocycles. The highest BCUT2D eigenvalue weighted by molar-refractivity contribution is 5.88. The molecule has 3 rings (SSSR count). The minimum Gasteiger partial charge on any atom is -0.481 e. The van der Waals surface area contributed by atoms with Gasteiger partial charge in [0.05, 0.1) is 23.7 Å². The molecule has 9 heteroatoms. The summed E-state index contributed by atoms with van der Waals surface area (Å²) < 4.78 is 47.2. The summed E-state index contributed by atoms with van der Waals surface area (Å²) in [6.45, 7) is 9.98. The lowest BCUT2D eigenvalue weighted by Crippen LogP contribution is -2.30. The van der Waals surface area contributed by atoms with Crippen LogP contribution >= 0.6 is 0 Å². The molecule has 3 N–H and O–H groups in total. The molecule has 0 atom stereocenters. The molecule has 0 unspecified atom stereocenters. The molecule has 0 bridgehead atoms. The van der Waals surface area contributed by atoms with Crippen molar-refractivity contribution in [3.8, 4) is 11.5 Å². The Bertz CT molecular complexity index is 1280. The molecule has 2 aromatic heterocycles. The number of nitrogens with one attached hydrogen (secondary N) is 1. The Morgan fingerprint density at radius 2 is 1.88 bits per heavy atom. The summed E-state index contributed by atoms with van der Waals surface area (Å²) >= 11 is 0. The van der Waals surface area contributed by atoms with E-state index >= 15 is 0 Å². The molecule has 1 aromatic carbocycles. The van der Waals surface area contributed by atoms with Gasteiger partial charge in [0, 0.05) is 12.5 Å². The predicted octanol–water partition coefficient (Wildman–Crippen LogP) is 3.29. The van der Waals surface area contributed by atoms with Crippen LogP contribution < -0.4 is 16.4 Å². The van der Waals surface area contributed by atoms with Crippen molar-refractivity contribution >= 4 is 17.5 Å².